The Morgan fingerprint density at radius 2 is 1.93 bits per heavy atom. The molecule has 0 aliphatic heterocycles. The SMILES string of the molecule is CC1(C)C(/C=C(\Cl)C(F)(F)F)C1C(=O)[O-]. The zero-order valence-corrected chi connectivity index (χ0v) is 8.82. The van der Waals surface area contributed by atoms with E-state index >= 15 is 0 Å². The van der Waals surface area contributed by atoms with Crippen LogP contribution in [0.25, 0.3) is 0 Å². The predicted octanol–water partition coefficient (Wildman–Crippen LogP) is 1.69. The maximum Gasteiger partial charge on any atom is 0.426 e. The highest BCUT2D eigenvalue weighted by atomic mass is 35.5. The molecule has 15 heavy (non-hydrogen) atoms. The molecule has 2 unspecified atom stereocenters. The van der Waals surface area contributed by atoms with Crippen LogP contribution >= 0.6 is 11.6 Å². The van der Waals surface area contributed by atoms with E-state index in [9.17, 15) is 23.1 Å². The van der Waals surface area contributed by atoms with Crippen LogP contribution in [0, 0.1) is 17.3 Å². The van der Waals surface area contributed by atoms with E-state index in [1.54, 1.807) is 13.8 Å². The Morgan fingerprint density at radius 3 is 2.20 bits per heavy atom. The van der Waals surface area contributed by atoms with Crippen LogP contribution in [0.2, 0.25) is 0 Å². The van der Waals surface area contributed by atoms with Gasteiger partial charge in [0.1, 0.15) is 5.03 Å². The number of aliphatic carboxylic acids is 1. The molecule has 0 aromatic carbocycles. The van der Waals surface area contributed by atoms with Crippen LogP contribution in [0.15, 0.2) is 11.1 Å². The molecule has 0 saturated heterocycles. The molecule has 0 heterocycles. The number of rotatable bonds is 2. The van der Waals surface area contributed by atoms with Gasteiger partial charge in [-0.1, -0.05) is 31.5 Å². The Labute approximate surface area is 89.7 Å². The highest BCUT2D eigenvalue weighted by molar-refractivity contribution is 6.30. The molecule has 1 saturated carbocycles. The van der Waals surface area contributed by atoms with E-state index in [0.717, 1.165) is 6.08 Å². The average Bonchev–Trinajstić information content (AvgIpc) is 2.50. The van der Waals surface area contributed by atoms with Gasteiger partial charge in [-0.15, -0.1) is 0 Å². The van der Waals surface area contributed by atoms with E-state index in [1.807, 2.05) is 0 Å². The minimum Gasteiger partial charge on any atom is -0.550 e. The van der Waals surface area contributed by atoms with E-state index in [4.69, 9.17) is 11.6 Å². The third kappa shape index (κ3) is 2.27. The lowest BCUT2D eigenvalue weighted by Crippen LogP contribution is -2.26. The second-order valence-corrected chi connectivity index (χ2v) is 4.56. The Balaban J connectivity index is 2.83. The van der Waals surface area contributed by atoms with Gasteiger partial charge in [-0.25, -0.2) is 0 Å². The van der Waals surface area contributed by atoms with Crippen LogP contribution in [0.3, 0.4) is 0 Å². The zero-order chi connectivity index (χ0) is 12.0. The summed E-state index contributed by atoms with van der Waals surface area (Å²) in [5.41, 5.74) is -0.718. The first-order chi connectivity index (χ1) is 6.58. The molecule has 1 aliphatic carbocycles. The molecule has 0 spiro atoms. The number of carbonyl (C=O) groups is 1. The minimum atomic E-state index is -4.61. The number of hydrogen-bond acceptors (Lipinski definition) is 2. The maximum atomic E-state index is 12.1. The van der Waals surface area contributed by atoms with Gasteiger partial charge in [-0.2, -0.15) is 13.2 Å². The first-order valence-electron chi connectivity index (χ1n) is 4.24. The second-order valence-electron chi connectivity index (χ2n) is 4.16. The van der Waals surface area contributed by atoms with Gasteiger partial charge in [0.25, 0.3) is 0 Å². The molecule has 0 amide bonds. The summed E-state index contributed by atoms with van der Waals surface area (Å²) in [5.74, 6) is -2.95. The van der Waals surface area contributed by atoms with Crippen LogP contribution in [0.1, 0.15) is 13.8 Å². The molecular formula is C9H9ClF3O2-. The van der Waals surface area contributed by atoms with Gasteiger partial charge in [-0.05, 0) is 11.3 Å². The molecular weight excluding hydrogens is 233 g/mol. The van der Waals surface area contributed by atoms with Crippen molar-refractivity contribution in [2.45, 2.75) is 20.0 Å². The first-order valence-corrected chi connectivity index (χ1v) is 4.61. The lowest BCUT2D eigenvalue weighted by atomic mass is 10.1. The van der Waals surface area contributed by atoms with Crippen molar-refractivity contribution < 1.29 is 23.1 Å². The van der Waals surface area contributed by atoms with E-state index in [2.05, 4.69) is 0 Å². The van der Waals surface area contributed by atoms with Crippen LogP contribution in [-0.2, 0) is 4.79 Å². The lowest BCUT2D eigenvalue weighted by Gasteiger charge is -2.04. The molecule has 0 aromatic rings. The number of carboxylic acids is 1. The zero-order valence-electron chi connectivity index (χ0n) is 8.06. The maximum absolute atomic E-state index is 12.1. The quantitative estimate of drug-likeness (QED) is 0.738. The largest absolute Gasteiger partial charge is 0.550 e. The predicted molar refractivity (Wildman–Crippen MR) is 45.8 cm³/mol. The van der Waals surface area contributed by atoms with Gasteiger partial charge in [0.2, 0.25) is 0 Å². The van der Waals surface area contributed by atoms with Crippen LogP contribution in [0.4, 0.5) is 13.2 Å². The molecule has 1 aliphatic rings. The summed E-state index contributed by atoms with van der Waals surface area (Å²) in [7, 11) is 0. The molecule has 86 valence electrons. The Kier molecular flexibility index (Phi) is 2.80. The fourth-order valence-electron chi connectivity index (χ4n) is 1.69. The molecule has 2 atom stereocenters. The Bertz CT molecular complexity index is 320. The number of hydrogen-bond donors (Lipinski definition) is 0. The van der Waals surface area contributed by atoms with Crippen molar-refractivity contribution in [1.82, 2.24) is 0 Å². The average molecular weight is 242 g/mol. The topological polar surface area (TPSA) is 40.1 Å². The van der Waals surface area contributed by atoms with Gasteiger partial charge in [0, 0.05) is 11.9 Å². The number of halogens is 4. The summed E-state index contributed by atoms with van der Waals surface area (Å²) in [6.07, 6.45) is -3.86. The van der Waals surface area contributed by atoms with Crippen molar-refractivity contribution in [3.8, 4) is 0 Å². The summed E-state index contributed by atoms with van der Waals surface area (Å²) < 4.78 is 36.2. The van der Waals surface area contributed by atoms with E-state index in [-0.39, 0.29) is 0 Å². The fourth-order valence-corrected chi connectivity index (χ4v) is 1.83. The molecule has 1 fully saturated rings. The summed E-state index contributed by atoms with van der Waals surface area (Å²) in [6, 6.07) is 0. The molecule has 0 N–H and O–H groups in total. The number of allylic oxidation sites excluding steroid dienone is 2. The van der Waals surface area contributed by atoms with Crippen molar-refractivity contribution in [1.29, 1.82) is 0 Å². The summed E-state index contributed by atoms with van der Waals surface area (Å²) in [4.78, 5) is 10.6. The second kappa shape index (κ2) is 3.40. The minimum absolute atomic E-state index is 0.711. The van der Waals surface area contributed by atoms with Gasteiger partial charge >= 0.3 is 6.18 Å². The Morgan fingerprint density at radius 1 is 1.47 bits per heavy atom. The highest BCUT2D eigenvalue weighted by Crippen LogP contribution is 2.59. The molecule has 0 bridgehead atoms. The third-order valence-corrected chi connectivity index (χ3v) is 3.10. The normalized spacial score (nSPS) is 30.1. The van der Waals surface area contributed by atoms with Gasteiger partial charge in [-0.3, -0.25) is 0 Å². The van der Waals surface area contributed by atoms with Crippen molar-refractivity contribution >= 4 is 17.6 Å². The summed E-state index contributed by atoms with van der Waals surface area (Å²) in [6.45, 7) is 3.13. The molecule has 0 aromatic heterocycles. The van der Waals surface area contributed by atoms with Gasteiger partial charge in [0.05, 0.1) is 0 Å². The van der Waals surface area contributed by atoms with E-state index < -0.39 is 34.4 Å². The molecule has 1 rings (SSSR count). The smallest absolute Gasteiger partial charge is 0.426 e. The Hall–Kier alpha value is -0.710. The van der Waals surface area contributed by atoms with E-state index in [1.165, 1.54) is 0 Å². The van der Waals surface area contributed by atoms with Crippen molar-refractivity contribution in [3.05, 3.63) is 11.1 Å². The lowest BCUT2D eigenvalue weighted by molar-refractivity contribution is -0.309. The van der Waals surface area contributed by atoms with Crippen molar-refractivity contribution in [3.63, 3.8) is 0 Å². The van der Waals surface area contributed by atoms with Crippen LogP contribution in [0.5, 0.6) is 0 Å². The van der Waals surface area contributed by atoms with Crippen molar-refractivity contribution in [2.75, 3.05) is 0 Å². The standard InChI is InChI=1S/C9H10ClF3O2/c1-8(2)4(6(8)7(14)15)3-5(10)9(11,12)13/h3-4,6H,1-2H3,(H,14,15)/p-1/b5-3-. The summed E-state index contributed by atoms with van der Waals surface area (Å²) in [5, 5.41) is 9.28. The van der Waals surface area contributed by atoms with Gasteiger partial charge < -0.3 is 9.90 Å². The number of carboxylic acid groups (broad SMARTS) is 1. The molecule has 2 nitrogen and oxygen atoms in total. The highest BCUT2D eigenvalue weighted by Gasteiger charge is 2.58. The first kappa shape index (κ1) is 12.4. The van der Waals surface area contributed by atoms with E-state index in [0.29, 0.717) is 0 Å². The van der Waals surface area contributed by atoms with Crippen LogP contribution < -0.4 is 5.11 Å². The van der Waals surface area contributed by atoms with Crippen LogP contribution in [-0.4, -0.2) is 12.1 Å². The number of alkyl halides is 3. The van der Waals surface area contributed by atoms with Crippen molar-refractivity contribution in [2.24, 2.45) is 17.3 Å². The van der Waals surface area contributed by atoms with Gasteiger partial charge in [0.15, 0.2) is 0 Å². The molecule has 0 radical (unpaired) electrons. The number of carbonyl (C=O) groups excluding carboxylic acids is 1. The monoisotopic (exact) mass is 241 g/mol. The molecule has 6 heteroatoms. The summed E-state index contributed by atoms with van der Waals surface area (Å²) >= 11 is 5.01. The third-order valence-electron chi connectivity index (χ3n) is 2.76. The fraction of sp³-hybridized carbons (Fsp3) is 0.667.